The van der Waals surface area contributed by atoms with Gasteiger partial charge in [0.15, 0.2) is 6.54 Å². The molecule has 0 saturated carbocycles. The molecule has 148 valence electrons. The zero-order valence-electron chi connectivity index (χ0n) is 16.5. The number of fused-ring (bicyclic) bond motifs is 1. The van der Waals surface area contributed by atoms with Crippen molar-refractivity contribution in [3.8, 4) is 0 Å². The Morgan fingerprint density at radius 1 is 1.18 bits per heavy atom. The molecule has 0 aromatic heterocycles. The van der Waals surface area contributed by atoms with E-state index in [9.17, 15) is 14.4 Å². The number of aliphatic imine (C=N–C) groups is 1. The summed E-state index contributed by atoms with van der Waals surface area (Å²) in [5.74, 6) is -0.00613. The largest absolute Gasteiger partial charge is 0.466 e. The second kappa shape index (κ2) is 7.89. The summed E-state index contributed by atoms with van der Waals surface area (Å²) in [6.45, 7) is 0.962. The summed E-state index contributed by atoms with van der Waals surface area (Å²) in [5.41, 5.74) is 1.14. The first-order valence-electron chi connectivity index (χ1n) is 8.89. The van der Waals surface area contributed by atoms with Crippen LogP contribution in [0.3, 0.4) is 0 Å². The maximum absolute atomic E-state index is 12.7. The average molecular weight is 386 g/mol. The SMILES string of the molecule is COC(=O)C[N+]1=C(CN(C)Cc2ccccc2)N=C2C1C(=O)N(C)C(=O)N2C. The zero-order chi connectivity index (χ0) is 20.4. The molecule has 0 aliphatic carbocycles. The minimum absolute atomic E-state index is 0.121. The number of urea groups is 1. The van der Waals surface area contributed by atoms with Crippen molar-refractivity contribution in [3.05, 3.63) is 35.9 Å². The predicted octanol–water partition coefficient (Wildman–Crippen LogP) is 0.00690. The number of esters is 1. The van der Waals surface area contributed by atoms with Crippen LogP contribution in [0.15, 0.2) is 35.3 Å². The van der Waals surface area contributed by atoms with Crippen molar-refractivity contribution in [1.82, 2.24) is 14.7 Å². The van der Waals surface area contributed by atoms with E-state index >= 15 is 0 Å². The summed E-state index contributed by atoms with van der Waals surface area (Å²) >= 11 is 0. The molecule has 1 atom stereocenters. The zero-order valence-corrected chi connectivity index (χ0v) is 16.5. The second-order valence-corrected chi connectivity index (χ2v) is 6.89. The maximum atomic E-state index is 12.7. The van der Waals surface area contributed by atoms with E-state index in [1.165, 1.54) is 19.1 Å². The lowest BCUT2D eigenvalue weighted by Crippen LogP contribution is -2.62. The van der Waals surface area contributed by atoms with Gasteiger partial charge in [-0.25, -0.2) is 14.2 Å². The van der Waals surface area contributed by atoms with Crippen molar-refractivity contribution in [1.29, 1.82) is 0 Å². The van der Waals surface area contributed by atoms with Gasteiger partial charge in [-0.2, -0.15) is 0 Å². The van der Waals surface area contributed by atoms with E-state index in [0.717, 1.165) is 10.5 Å². The first kappa shape index (κ1) is 19.7. The molecule has 1 aromatic carbocycles. The Balaban J connectivity index is 1.90. The molecule has 1 fully saturated rings. The second-order valence-electron chi connectivity index (χ2n) is 6.89. The van der Waals surface area contributed by atoms with Crippen LogP contribution in [0.25, 0.3) is 0 Å². The van der Waals surface area contributed by atoms with Gasteiger partial charge < -0.3 is 4.74 Å². The average Bonchev–Trinajstić information content (AvgIpc) is 3.03. The Kier molecular flexibility index (Phi) is 5.55. The van der Waals surface area contributed by atoms with Gasteiger partial charge in [0.05, 0.1) is 7.11 Å². The Labute approximate surface area is 163 Å². The van der Waals surface area contributed by atoms with E-state index in [-0.39, 0.29) is 6.54 Å². The Hall–Kier alpha value is -3.07. The van der Waals surface area contributed by atoms with E-state index < -0.39 is 23.9 Å². The van der Waals surface area contributed by atoms with Crippen LogP contribution in [0.2, 0.25) is 0 Å². The lowest BCUT2D eigenvalue weighted by molar-refractivity contribution is -0.527. The highest BCUT2D eigenvalue weighted by Crippen LogP contribution is 2.19. The molecule has 9 heteroatoms. The number of nitrogens with zero attached hydrogens (tertiary/aromatic N) is 5. The van der Waals surface area contributed by atoms with E-state index in [0.29, 0.717) is 24.8 Å². The van der Waals surface area contributed by atoms with Gasteiger partial charge in [0.25, 0.3) is 17.8 Å². The van der Waals surface area contributed by atoms with Crippen LogP contribution in [-0.4, -0.2) is 96.2 Å². The van der Waals surface area contributed by atoms with Crippen LogP contribution in [0.4, 0.5) is 4.79 Å². The van der Waals surface area contributed by atoms with Crippen molar-refractivity contribution in [2.24, 2.45) is 4.99 Å². The fourth-order valence-corrected chi connectivity index (χ4v) is 3.35. The van der Waals surface area contributed by atoms with E-state index in [1.54, 1.807) is 11.6 Å². The topological polar surface area (TPSA) is 85.5 Å². The number of hydrogen-bond donors (Lipinski definition) is 0. The fourth-order valence-electron chi connectivity index (χ4n) is 3.35. The fraction of sp³-hybridized carbons (Fsp3) is 0.421. The van der Waals surface area contributed by atoms with Crippen molar-refractivity contribution < 1.29 is 23.7 Å². The number of amidine groups is 2. The van der Waals surface area contributed by atoms with Gasteiger partial charge in [-0.1, -0.05) is 30.3 Å². The molecule has 2 heterocycles. The highest BCUT2D eigenvalue weighted by Gasteiger charge is 2.53. The first-order chi connectivity index (χ1) is 13.3. The number of amides is 3. The van der Waals surface area contributed by atoms with Crippen molar-refractivity contribution in [3.63, 3.8) is 0 Å². The third kappa shape index (κ3) is 3.65. The number of rotatable bonds is 6. The Morgan fingerprint density at radius 3 is 2.50 bits per heavy atom. The third-order valence-corrected chi connectivity index (χ3v) is 4.85. The molecule has 3 rings (SSSR count). The molecule has 1 aromatic rings. The number of carbonyl (C=O) groups is 3. The molecule has 0 spiro atoms. The number of hydrogen-bond acceptors (Lipinski definition) is 6. The minimum atomic E-state index is -0.813. The normalized spacial score (nSPS) is 19.3. The number of methoxy groups -OCH3 is 1. The van der Waals surface area contributed by atoms with E-state index in [4.69, 9.17) is 4.74 Å². The number of ether oxygens (including phenoxy) is 1. The molecule has 0 radical (unpaired) electrons. The summed E-state index contributed by atoms with van der Waals surface area (Å²) in [7, 11) is 6.23. The Morgan fingerprint density at radius 2 is 1.86 bits per heavy atom. The molecular formula is C19H24N5O4+. The van der Waals surface area contributed by atoms with Gasteiger partial charge in [-0.3, -0.25) is 19.5 Å². The number of likely N-dealkylation sites (N-methyl/N-ethyl adjacent to an activating group) is 3. The smallest absolute Gasteiger partial charge is 0.347 e. The molecular weight excluding hydrogens is 362 g/mol. The molecule has 2 aliphatic rings. The van der Waals surface area contributed by atoms with Crippen LogP contribution in [0.5, 0.6) is 0 Å². The van der Waals surface area contributed by atoms with Crippen LogP contribution >= 0.6 is 0 Å². The maximum Gasteiger partial charge on any atom is 0.347 e. The van der Waals surface area contributed by atoms with E-state index in [1.807, 2.05) is 42.3 Å². The number of imide groups is 1. The molecule has 1 saturated heterocycles. The van der Waals surface area contributed by atoms with Gasteiger partial charge in [0.1, 0.15) is 6.54 Å². The summed E-state index contributed by atoms with van der Waals surface area (Å²) in [5, 5.41) is 0. The molecule has 2 aliphatic heterocycles. The van der Waals surface area contributed by atoms with Crippen molar-refractivity contribution in [2.75, 3.05) is 41.3 Å². The highest BCUT2D eigenvalue weighted by molar-refractivity contribution is 6.23. The van der Waals surface area contributed by atoms with E-state index in [2.05, 4.69) is 4.99 Å². The van der Waals surface area contributed by atoms with Crippen LogP contribution in [-0.2, 0) is 20.9 Å². The van der Waals surface area contributed by atoms with Crippen LogP contribution in [0.1, 0.15) is 5.56 Å². The molecule has 9 nitrogen and oxygen atoms in total. The summed E-state index contributed by atoms with van der Waals surface area (Å²) in [4.78, 5) is 45.9. The standard InChI is InChI=1S/C19H24N5O4/c1-21(10-13-8-6-5-7-9-13)11-14-20-17-16(24(14)12-15(25)28-4)18(26)23(3)19(27)22(17)2/h5-9,16H,10-12H2,1-4H3/q+1. The third-order valence-electron chi connectivity index (χ3n) is 4.85. The van der Waals surface area contributed by atoms with Gasteiger partial charge in [0.2, 0.25) is 0 Å². The molecule has 28 heavy (non-hydrogen) atoms. The molecule has 0 N–H and O–H groups in total. The Bertz CT molecular complexity index is 864. The number of carbonyl (C=O) groups excluding carboxylic acids is 3. The number of benzene rings is 1. The van der Waals surface area contributed by atoms with Crippen LogP contribution in [0, 0.1) is 0 Å². The summed E-state index contributed by atoms with van der Waals surface area (Å²) in [6.07, 6.45) is 0. The lowest BCUT2D eigenvalue weighted by Gasteiger charge is -2.30. The monoisotopic (exact) mass is 386 g/mol. The van der Waals surface area contributed by atoms with Crippen molar-refractivity contribution in [2.45, 2.75) is 12.6 Å². The highest BCUT2D eigenvalue weighted by atomic mass is 16.5. The summed E-state index contributed by atoms with van der Waals surface area (Å²) in [6, 6.07) is 8.69. The van der Waals surface area contributed by atoms with Crippen LogP contribution < -0.4 is 0 Å². The predicted molar refractivity (Wildman–Crippen MR) is 102 cm³/mol. The minimum Gasteiger partial charge on any atom is -0.466 e. The quantitative estimate of drug-likeness (QED) is 0.508. The van der Waals surface area contributed by atoms with Gasteiger partial charge >= 0.3 is 17.8 Å². The van der Waals surface area contributed by atoms with Gasteiger partial charge in [-0.05, 0) is 17.6 Å². The molecule has 3 amide bonds. The van der Waals surface area contributed by atoms with Crippen molar-refractivity contribution >= 4 is 29.6 Å². The molecule has 1 unspecified atom stereocenters. The summed E-state index contributed by atoms with van der Waals surface area (Å²) < 4.78 is 6.40. The van der Waals surface area contributed by atoms with Gasteiger partial charge in [-0.15, -0.1) is 0 Å². The molecule has 0 bridgehead atoms. The lowest BCUT2D eigenvalue weighted by atomic mass is 10.1. The van der Waals surface area contributed by atoms with Gasteiger partial charge in [0, 0.05) is 20.6 Å². The first-order valence-corrected chi connectivity index (χ1v) is 8.89.